The Bertz CT molecular complexity index is 730. The molecule has 2 aromatic carbocycles. The van der Waals surface area contributed by atoms with Gasteiger partial charge in [-0.3, -0.25) is 4.79 Å². The van der Waals surface area contributed by atoms with Crippen molar-refractivity contribution in [3.63, 3.8) is 0 Å². The first-order valence-electron chi connectivity index (χ1n) is 7.98. The molecule has 5 heteroatoms. The van der Waals surface area contributed by atoms with E-state index in [0.717, 1.165) is 34.1 Å². The Kier molecular flexibility index (Phi) is 5.30. The van der Waals surface area contributed by atoms with E-state index in [-0.39, 0.29) is 12.7 Å². The number of amides is 1. The maximum Gasteiger partial charge on any atom is 0.234 e. The fraction of sp³-hybridized carbons (Fsp3) is 0.316. The molecule has 0 atom stereocenters. The van der Waals surface area contributed by atoms with Gasteiger partial charge in [-0.2, -0.15) is 0 Å². The lowest BCUT2D eigenvalue weighted by Gasteiger charge is -2.13. The van der Waals surface area contributed by atoms with E-state index in [9.17, 15) is 4.79 Å². The van der Waals surface area contributed by atoms with Crippen LogP contribution in [0, 0.1) is 0 Å². The number of carbonyl (C=O) groups excluding carboxylic acids is 1. The number of benzene rings is 2. The summed E-state index contributed by atoms with van der Waals surface area (Å²) in [4.78, 5) is 12.2. The van der Waals surface area contributed by atoms with E-state index in [4.69, 9.17) is 9.47 Å². The van der Waals surface area contributed by atoms with Gasteiger partial charge in [0.1, 0.15) is 0 Å². The highest BCUT2D eigenvalue weighted by atomic mass is 32.2. The second kappa shape index (κ2) is 7.62. The standard InChI is InChI=1S/C19H21NO3S/c1-13(2)15-5-3-4-6-16(15)20-19(21)11-24-10-14-7-8-17-18(9-14)23-12-22-17/h3-9,13H,10-12H2,1-2H3,(H,20,21). The number of rotatable bonds is 6. The Morgan fingerprint density at radius 2 is 1.96 bits per heavy atom. The average Bonchev–Trinajstić information content (AvgIpc) is 3.03. The van der Waals surface area contributed by atoms with Gasteiger partial charge in [-0.25, -0.2) is 0 Å². The van der Waals surface area contributed by atoms with Gasteiger partial charge in [0.05, 0.1) is 5.75 Å². The fourth-order valence-corrected chi connectivity index (χ4v) is 3.37. The minimum Gasteiger partial charge on any atom is -0.454 e. The summed E-state index contributed by atoms with van der Waals surface area (Å²) in [5.74, 6) is 3.14. The van der Waals surface area contributed by atoms with Gasteiger partial charge in [0, 0.05) is 11.4 Å². The predicted octanol–water partition coefficient (Wildman–Crippen LogP) is 4.41. The Hall–Kier alpha value is -2.14. The lowest BCUT2D eigenvalue weighted by Crippen LogP contribution is -2.15. The van der Waals surface area contributed by atoms with Crippen molar-refractivity contribution in [3.05, 3.63) is 53.6 Å². The molecule has 0 radical (unpaired) electrons. The molecular weight excluding hydrogens is 322 g/mol. The molecule has 4 nitrogen and oxygen atoms in total. The molecule has 1 heterocycles. The maximum absolute atomic E-state index is 12.2. The summed E-state index contributed by atoms with van der Waals surface area (Å²) in [7, 11) is 0. The Balaban J connectivity index is 1.51. The third-order valence-corrected chi connectivity index (χ3v) is 4.80. The third kappa shape index (κ3) is 4.03. The van der Waals surface area contributed by atoms with Crippen molar-refractivity contribution in [3.8, 4) is 11.5 Å². The molecule has 1 aliphatic heterocycles. The van der Waals surface area contributed by atoms with Crippen LogP contribution in [0.25, 0.3) is 0 Å². The maximum atomic E-state index is 12.2. The summed E-state index contributed by atoms with van der Waals surface area (Å²) in [6.45, 7) is 4.53. The molecule has 0 fully saturated rings. The van der Waals surface area contributed by atoms with Crippen LogP contribution < -0.4 is 14.8 Å². The van der Waals surface area contributed by atoms with Crippen molar-refractivity contribution in [2.24, 2.45) is 0 Å². The van der Waals surface area contributed by atoms with Crippen LogP contribution in [-0.4, -0.2) is 18.5 Å². The molecule has 0 saturated heterocycles. The summed E-state index contributed by atoms with van der Waals surface area (Å²) in [6.07, 6.45) is 0. The first-order chi connectivity index (χ1) is 11.6. The number of para-hydroxylation sites is 1. The summed E-state index contributed by atoms with van der Waals surface area (Å²) in [5, 5.41) is 3.02. The zero-order valence-corrected chi connectivity index (χ0v) is 14.7. The smallest absolute Gasteiger partial charge is 0.234 e. The Morgan fingerprint density at radius 3 is 2.79 bits per heavy atom. The first kappa shape index (κ1) is 16.7. The van der Waals surface area contributed by atoms with Crippen molar-refractivity contribution in [2.45, 2.75) is 25.5 Å². The minimum atomic E-state index is 0.0221. The van der Waals surface area contributed by atoms with Crippen molar-refractivity contribution in [1.82, 2.24) is 0 Å². The van der Waals surface area contributed by atoms with Gasteiger partial charge in [-0.1, -0.05) is 38.1 Å². The van der Waals surface area contributed by atoms with Gasteiger partial charge in [0.25, 0.3) is 0 Å². The second-order valence-electron chi connectivity index (χ2n) is 5.97. The summed E-state index contributed by atoms with van der Waals surface area (Å²) < 4.78 is 10.7. The van der Waals surface area contributed by atoms with Crippen molar-refractivity contribution < 1.29 is 14.3 Å². The zero-order chi connectivity index (χ0) is 16.9. The molecule has 0 unspecified atom stereocenters. The van der Waals surface area contributed by atoms with E-state index in [0.29, 0.717) is 11.7 Å². The molecule has 24 heavy (non-hydrogen) atoms. The van der Waals surface area contributed by atoms with Gasteiger partial charge >= 0.3 is 0 Å². The van der Waals surface area contributed by atoms with E-state index >= 15 is 0 Å². The van der Waals surface area contributed by atoms with Gasteiger partial charge in [-0.05, 0) is 35.2 Å². The van der Waals surface area contributed by atoms with E-state index in [1.807, 2.05) is 36.4 Å². The van der Waals surface area contributed by atoms with Crippen LogP contribution >= 0.6 is 11.8 Å². The molecule has 0 aromatic heterocycles. The zero-order valence-electron chi connectivity index (χ0n) is 13.9. The highest BCUT2D eigenvalue weighted by Gasteiger charge is 2.13. The minimum absolute atomic E-state index is 0.0221. The topological polar surface area (TPSA) is 47.6 Å². The van der Waals surface area contributed by atoms with Crippen LogP contribution in [0.1, 0.15) is 30.9 Å². The van der Waals surface area contributed by atoms with E-state index in [2.05, 4.69) is 25.2 Å². The molecule has 1 amide bonds. The molecule has 0 saturated carbocycles. The summed E-state index contributed by atoms with van der Waals surface area (Å²) in [5.41, 5.74) is 3.19. The largest absolute Gasteiger partial charge is 0.454 e. The molecule has 0 spiro atoms. The first-order valence-corrected chi connectivity index (χ1v) is 9.14. The van der Waals surface area contributed by atoms with Crippen LogP contribution in [0.5, 0.6) is 11.5 Å². The highest BCUT2D eigenvalue weighted by molar-refractivity contribution is 7.99. The van der Waals surface area contributed by atoms with Crippen molar-refractivity contribution in [2.75, 3.05) is 17.9 Å². The SMILES string of the molecule is CC(C)c1ccccc1NC(=O)CSCc1ccc2c(c1)OCO2. The number of hydrogen-bond acceptors (Lipinski definition) is 4. The third-order valence-electron chi connectivity index (χ3n) is 3.80. The van der Waals surface area contributed by atoms with Crippen LogP contribution in [0.4, 0.5) is 5.69 Å². The summed E-state index contributed by atoms with van der Waals surface area (Å²) >= 11 is 1.58. The molecule has 1 N–H and O–H groups in total. The molecular formula is C19H21NO3S. The van der Waals surface area contributed by atoms with Crippen LogP contribution in [0.2, 0.25) is 0 Å². The lowest BCUT2D eigenvalue weighted by atomic mass is 10.0. The molecule has 1 aliphatic rings. The Morgan fingerprint density at radius 1 is 1.17 bits per heavy atom. The molecule has 3 rings (SSSR count). The molecule has 0 bridgehead atoms. The highest BCUT2D eigenvalue weighted by Crippen LogP contribution is 2.33. The predicted molar refractivity (Wildman–Crippen MR) is 97.9 cm³/mol. The van der Waals surface area contributed by atoms with Gasteiger partial charge in [0.15, 0.2) is 11.5 Å². The van der Waals surface area contributed by atoms with Crippen molar-refractivity contribution in [1.29, 1.82) is 0 Å². The van der Waals surface area contributed by atoms with E-state index in [1.165, 1.54) is 0 Å². The molecule has 2 aromatic rings. The monoisotopic (exact) mass is 343 g/mol. The van der Waals surface area contributed by atoms with Gasteiger partial charge in [-0.15, -0.1) is 11.8 Å². The van der Waals surface area contributed by atoms with Crippen LogP contribution in [-0.2, 0) is 10.5 Å². The number of fused-ring (bicyclic) bond motifs is 1. The fourth-order valence-electron chi connectivity index (χ4n) is 2.59. The van der Waals surface area contributed by atoms with Crippen LogP contribution in [0.15, 0.2) is 42.5 Å². The second-order valence-corrected chi connectivity index (χ2v) is 6.96. The van der Waals surface area contributed by atoms with E-state index < -0.39 is 0 Å². The number of nitrogens with one attached hydrogen (secondary N) is 1. The quantitative estimate of drug-likeness (QED) is 0.844. The molecule has 0 aliphatic carbocycles. The molecule has 126 valence electrons. The van der Waals surface area contributed by atoms with Crippen molar-refractivity contribution >= 4 is 23.4 Å². The lowest BCUT2D eigenvalue weighted by molar-refractivity contribution is -0.113. The average molecular weight is 343 g/mol. The van der Waals surface area contributed by atoms with Gasteiger partial charge in [0.2, 0.25) is 12.7 Å². The number of hydrogen-bond donors (Lipinski definition) is 1. The normalized spacial score (nSPS) is 12.5. The van der Waals surface area contributed by atoms with Gasteiger partial charge < -0.3 is 14.8 Å². The Labute approximate surface area is 146 Å². The number of ether oxygens (including phenoxy) is 2. The number of anilines is 1. The number of thioether (sulfide) groups is 1. The van der Waals surface area contributed by atoms with Crippen LogP contribution in [0.3, 0.4) is 0 Å². The number of carbonyl (C=O) groups is 1. The van der Waals surface area contributed by atoms with E-state index in [1.54, 1.807) is 11.8 Å². The summed E-state index contributed by atoms with van der Waals surface area (Å²) in [6, 6.07) is 13.8.